The molecule has 0 aliphatic carbocycles. The van der Waals surface area contributed by atoms with Crippen molar-refractivity contribution in [1.29, 1.82) is 0 Å². The number of benzene rings is 1. The molecular formula is C14H15N5O4. The molecule has 2 aromatic rings. The average molecular weight is 317 g/mol. The van der Waals surface area contributed by atoms with Crippen LogP contribution in [0.5, 0.6) is 0 Å². The maximum Gasteiger partial charge on any atom is 0.324 e. The number of carbonyl (C=O) groups is 1. The minimum atomic E-state index is -0.522. The van der Waals surface area contributed by atoms with Gasteiger partial charge in [0, 0.05) is 30.9 Å². The first-order valence-electron chi connectivity index (χ1n) is 7.28. The number of carbonyl (C=O) groups excluding carboxylic acids is 1. The molecule has 0 spiro atoms. The van der Waals surface area contributed by atoms with E-state index >= 15 is 0 Å². The van der Waals surface area contributed by atoms with E-state index in [9.17, 15) is 14.9 Å². The third-order valence-corrected chi connectivity index (χ3v) is 3.58. The molecule has 0 saturated carbocycles. The third-order valence-electron chi connectivity index (χ3n) is 3.58. The van der Waals surface area contributed by atoms with Crippen LogP contribution >= 0.6 is 0 Å². The summed E-state index contributed by atoms with van der Waals surface area (Å²) in [5, 5.41) is 16.9. The highest BCUT2D eigenvalue weighted by molar-refractivity contribution is 6.01. The molecule has 9 nitrogen and oxygen atoms in total. The molecule has 1 amide bonds. The second-order valence-electron chi connectivity index (χ2n) is 5.21. The van der Waals surface area contributed by atoms with Gasteiger partial charge in [-0.25, -0.2) is 0 Å². The molecule has 0 radical (unpaired) electrons. The lowest BCUT2D eigenvalue weighted by molar-refractivity contribution is -0.384. The van der Waals surface area contributed by atoms with E-state index < -0.39 is 10.8 Å². The fourth-order valence-corrected chi connectivity index (χ4v) is 2.37. The smallest absolute Gasteiger partial charge is 0.324 e. The van der Waals surface area contributed by atoms with Crippen LogP contribution in [0.4, 0.5) is 17.4 Å². The Hall–Kier alpha value is -2.97. The van der Waals surface area contributed by atoms with Crippen molar-refractivity contribution in [3.8, 4) is 0 Å². The van der Waals surface area contributed by atoms with Gasteiger partial charge in [-0.05, 0) is 36.6 Å². The SMILES string of the molecule is O=C(Nc1ccc([N+](=O)[O-])cc1)c1noc(N2CCCCC2)n1. The summed E-state index contributed by atoms with van der Waals surface area (Å²) in [5.41, 5.74) is 0.375. The standard InChI is InChI=1S/C14H15N5O4/c20-13(15-10-4-6-11(7-5-10)19(21)22)12-16-14(23-17-12)18-8-2-1-3-9-18/h4-7H,1-3,8-9H2,(H,15,20). The van der Waals surface area contributed by atoms with Gasteiger partial charge in [0.05, 0.1) is 4.92 Å². The highest BCUT2D eigenvalue weighted by Crippen LogP contribution is 2.19. The zero-order chi connectivity index (χ0) is 16.2. The van der Waals surface area contributed by atoms with Crippen LogP contribution in [-0.4, -0.2) is 34.1 Å². The van der Waals surface area contributed by atoms with Gasteiger partial charge in [0.2, 0.25) is 0 Å². The minimum absolute atomic E-state index is 0.0463. The third kappa shape index (κ3) is 3.44. The molecule has 3 rings (SSSR count). The van der Waals surface area contributed by atoms with E-state index in [0.29, 0.717) is 11.7 Å². The van der Waals surface area contributed by atoms with Crippen molar-refractivity contribution in [2.45, 2.75) is 19.3 Å². The van der Waals surface area contributed by atoms with Crippen LogP contribution in [0, 0.1) is 10.1 Å². The van der Waals surface area contributed by atoms with Crippen molar-refractivity contribution >= 4 is 23.3 Å². The number of piperidine rings is 1. The van der Waals surface area contributed by atoms with Crippen LogP contribution in [0.3, 0.4) is 0 Å². The lowest BCUT2D eigenvalue weighted by Gasteiger charge is -2.23. The number of nitrogens with zero attached hydrogens (tertiary/aromatic N) is 4. The van der Waals surface area contributed by atoms with Crippen LogP contribution in [0.15, 0.2) is 28.8 Å². The van der Waals surface area contributed by atoms with Gasteiger partial charge in [-0.3, -0.25) is 14.9 Å². The lowest BCUT2D eigenvalue weighted by atomic mass is 10.1. The van der Waals surface area contributed by atoms with E-state index in [0.717, 1.165) is 25.9 Å². The molecule has 1 aromatic carbocycles. The van der Waals surface area contributed by atoms with Crippen LogP contribution in [0.1, 0.15) is 29.9 Å². The van der Waals surface area contributed by atoms with E-state index in [1.165, 1.54) is 30.7 Å². The van der Waals surface area contributed by atoms with E-state index in [2.05, 4.69) is 15.5 Å². The summed E-state index contributed by atoms with van der Waals surface area (Å²) in [7, 11) is 0. The van der Waals surface area contributed by atoms with Crippen molar-refractivity contribution in [2.24, 2.45) is 0 Å². The van der Waals surface area contributed by atoms with Gasteiger partial charge in [0.15, 0.2) is 0 Å². The average Bonchev–Trinajstić information content (AvgIpc) is 3.06. The van der Waals surface area contributed by atoms with Crippen molar-refractivity contribution in [3.63, 3.8) is 0 Å². The van der Waals surface area contributed by atoms with Crippen molar-refractivity contribution < 1.29 is 14.2 Å². The minimum Gasteiger partial charge on any atom is -0.324 e. The van der Waals surface area contributed by atoms with E-state index in [4.69, 9.17) is 4.52 Å². The molecule has 0 unspecified atom stereocenters. The first kappa shape index (κ1) is 14.9. The van der Waals surface area contributed by atoms with Gasteiger partial charge >= 0.3 is 6.01 Å². The quantitative estimate of drug-likeness (QED) is 0.679. The number of nitro groups is 1. The monoisotopic (exact) mass is 317 g/mol. The second kappa shape index (κ2) is 6.42. The predicted octanol–water partition coefficient (Wildman–Crippen LogP) is 2.22. The number of nitro benzene ring substituents is 1. The molecule has 120 valence electrons. The molecule has 1 saturated heterocycles. The predicted molar refractivity (Wildman–Crippen MR) is 81.4 cm³/mol. The number of nitrogens with one attached hydrogen (secondary N) is 1. The summed E-state index contributed by atoms with van der Waals surface area (Å²) in [6.45, 7) is 1.68. The van der Waals surface area contributed by atoms with Crippen LogP contribution in [0.2, 0.25) is 0 Å². The molecule has 1 aliphatic rings. The summed E-state index contributed by atoms with van der Waals surface area (Å²) < 4.78 is 5.13. The van der Waals surface area contributed by atoms with Crippen LogP contribution < -0.4 is 10.2 Å². The van der Waals surface area contributed by atoms with Crippen molar-refractivity contribution in [2.75, 3.05) is 23.3 Å². The number of amides is 1. The van der Waals surface area contributed by atoms with Crippen molar-refractivity contribution in [1.82, 2.24) is 10.1 Å². The van der Waals surface area contributed by atoms with E-state index in [1.807, 2.05) is 4.90 Å². The number of anilines is 2. The first-order valence-corrected chi connectivity index (χ1v) is 7.28. The summed E-state index contributed by atoms with van der Waals surface area (Å²) in [4.78, 5) is 28.2. The molecule has 23 heavy (non-hydrogen) atoms. The normalized spacial score (nSPS) is 14.5. The molecule has 0 bridgehead atoms. The Morgan fingerprint density at radius 3 is 2.57 bits per heavy atom. The molecule has 0 atom stereocenters. The van der Waals surface area contributed by atoms with Crippen LogP contribution in [-0.2, 0) is 0 Å². The Bertz CT molecular complexity index is 706. The number of rotatable bonds is 4. The molecule has 9 heteroatoms. The molecular weight excluding hydrogens is 302 g/mol. The Morgan fingerprint density at radius 1 is 1.22 bits per heavy atom. The fraction of sp³-hybridized carbons (Fsp3) is 0.357. The molecule has 2 heterocycles. The molecule has 1 fully saturated rings. The number of aromatic nitrogens is 2. The summed E-state index contributed by atoms with van der Waals surface area (Å²) in [6.07, 6.45) is 3.30. The zero-order valence-corrected chi connectivity index (χ0v) is 12.3. The first-order chi connectivity index (χ1) is 11.1. The maximum absolute atomic E-state index is 12.1. The van der Waals surface area contributed by atoms with Gasteiger partial charge < -0.3 is 14.7 Å². The van der Waals surface area contributed by atoms with Gasteiger partial charge in [0.1, 0.15) is 0 Å². The van der Waals surface area contributed by atoms with Crippen LogP contribution in [0.25, 0.3) is 0 Å². The molecule has 1 N–H and O–H groups in total. The topological polar surface area (TPSA) is 114 Å². The Balaban J connectivity index is 1.66. The second-order valence-corrected chi connectivity index (χ2v) is 5.21. The lowest BCUT2D eigenvalue weighted by Crippen LogP contribution is -2.29. The summed E-state index contributed by atoms with van der Waals surface area (Å²) >= 11 is 0. The summed E-state index contributed by atoms with van der Waals surface area (Å²) in [6, 6.07) is 5.86. The van der Waals surface area contributed by atoms with E-state index in [1.54, 1.807) is 0 Å². The maximum atomic E-state index is 12.1. The Morgan fingerprint density at radius 2 is 1.91 bits per heavy atom. The van der Waals surface area contributed by atoms with Gasteiger partial charge in [0.25, 0.3) is 17.4 Å². The van der Waals surface area contributed by atoms with Gasteiger partial charge in [-0.1, -0.05) is 0 Å². The van der Waals surface area contributed by atoms with Crippen molar-refractivity contribution in [3.05, 3.63) is 40.2 Å². The van der Waals surface area contributed by atoms with Gasteiger partial charge in [-0.2, -0.15) is 4.98 Å². The van der Waals surface area contributed by atoms with E-state index in [-0.39, 0.29) is 11.5 Å². The number of hydrogen-bond acceptors (Lipinski definition) is 7. The molecule has 1 aromatic heterocycles. The largest absolute Gasteiger partial charge is 0.324 e. The highest BCUT2D eigenvalue weighted by atomic mass is 16.6. The highest BCUT2D eigenvalue weighted by Gasteiger charge is 2.20. The zero-order valence-electron chi connectivity index (χ0n) is 12.3. The number of hydrogen-bond donors (Lipinski definition) is 1. The number of non-ortho nitro benzene ring substituents is 1. The van der Waals surface area contributed by atoms with Gasteiger partial charge in [-0.15, -0.1) is 0 Å². The molecule has 1 aliphatic heterocycles. The Kier molecular flexibility index (Phi) is 4.18. The fourth-order valence-electron chi connectivity index (χ4n) is 2.37. The Labute approximate surface area is 131 Å². The summed E-state index contributed by atoms with van der Waals surface area (Å²) in [5.74, 6) is -0.588.